The fraction of sp³-hybridized carbons (Fsp3) is 0.500. The molecule has 1 saturated heterocycles. The summed E-state index contributed by atoms with van der Waals surface area (Å²) in [4.78, 5) is 28.4. The molecule has 22 heavy (non-hydrogen) atoms. The Labute approximate surface area is 131 Å². The van der Waals surface area contributed by atoms with E-state index in [-0.39, 0.29) is 25.0 Å². The largest absolute Gasteiger partial charge is 0.455 e. The molecule has 1 atom stereocenters. The summed E-state index contributed by atoms with van der Waals surface area (Å²) in [5.41, 5.74) is 0.636. The lowest BCUT2D eigenvalue weighted by Gasteiger charge is -2.10. The van der Waals surface area contributed by atoms with Gasteiger partial charge in [-0.1, -0.05) is 0 Å². The van der Waals surface area contributed by atoms with Gasteiger partial charge in [-0.25, -0.2) is 4.98 Å². The molecule has 1 N–H and O–H groups in total. The maximum absolute atomic E-state index is 11.7. The van der Waals surface area contributed by atoms with Crippen LogP contribution in [0.5, 0.6) is 0 Å². The Kier molecular flexibility index (Phi) is 4.69. The highest BCUT2D eigenvalue weighted by atomic mass is 32.1. The highest BCUT2D eigenvalue weighted by Gasteiger charge is 2.17. The lowest BCUT2D eigenvalue weighted by Crippen LogP contribution is -2.35. The summed E-state index contributed by atoms with van der Waals surface area (Å²) in [6, 6.07) is 0. The smallest absolute Gasteiger partial charge is 0.312 e. The second kappa shape index (κ2) is 6.89. The first-order valence-electron chi connectivity index (χ1n) is 7.16. The monoisotopic (exact) mass is 323 g/mol. The van der Waals surface area contributed by atoms with Crippen molar-refractivity contribution in [2.45, 2.75) is 25.4 Å². The van der Waals surface area contributed by atoms with Crippen LogP contribution in [0.15, 0.2) is 17.8 Å². The van der Waals surface area contributed by atoms with E-state index in [2.05, 4.69) is 10.3 Å². The number of carbonyl (C=O) groups excluding carboxylic acids is 2. The summed E-state index contributed by atoms with van der Waals surface area (Å²) < 4.78 is 12.2. The van der Waals surface area contributed by atoms with Crippen molar-refractivity contribution in [2.24, 2.45) is 0 Å². The summed E-state index contributed by atoms with van der Waals surface area (Å²) in [7, 11) is 0. The Bertz CT molecular complexity index is 631. The van der Waals surface area contributed by atoms with Gasteiger partial charge < -0.3 is 14.8 Å². The van der Waals surface area contributed by atoms with Gasteiger partial charge in [-0.3, -0.25) is 14.0 Å². The Morgan fingerprint density at radius 1 is 1.55 bits per heavy atom. The lowest BCUT2D eigenvalue weighted by molar-refractivity contribution is -0.148. The molecule has 0 bridgehead atoms. The molecule has 0 radical (unpaired) electrons. The molecular weight excluding hydrogens is 306 g/mol. The summed E-state index contributed by atoms with van der Waals surface area (Å²) >= 11 is 1.50. The van der Waals surface area contributed by atoms with Crippen LogP contribution in [-0.4, -0.2) is 47.1 Å². The van der Waals surface area contributed by atoms with Crippen LogP contribution in [-0.2, 0) is 25.5 Å². The van der Waals surface area contributed by atoms with Crippen LogP contribution in [0.4, 0.5) is 0 Å². The van der Waals surface area contributed by atoms with Gasteiger partial charge in [-0.2, -0.15) is 0 Å². The average Bonchev–Trinajstić information content (AvgIpc) is 3.19. The van der Waals surface area contributed by atoms with Crippen molar-refractivity contribution >= 4 is 28.2 Å². The minimum Gasteiger partial charge on any atom is -0.455 e. The zero-order chi connectivity index (χ0) is 15.4. The van der Waals surface area contributed by atoms with Crippen LogP contribution >= 0.6 is 11.3 Å². The molecule has 1 aliphatic heterocycles. The number of fused-ring (bicyclic) bond motifs is 1. The van der Waals surface area contributed by atoms with Gasteiger partial charge in [0.1, 0.15) is 0 Å². The standard InChI is InChI=1S/C14H17N3O4S/c18-12(15-7-11-2-1-4-20-11)9-21-13(19)6-10-8-17-3-5-22-14(17)16-10/h3,5,8,11H,1-2,4,6-7,9H2,(H,15,18)/t11-/m0/s1. The molecule has 7 nitrogen and oxygen atoms in total. The Hall–Kier alpha value is -1.93. The number of hydrogen-bond donors (Lipinski definition) is 1. The molecule has 118 valence electrons. The van der Waals surface area contributed by atoms with Crippen molar-refractivity contribution in [3.8, 4) is 0 Å². The number of thiazole rings is 1. The Balaban J connectivity index is 1.38. The first-order valence-corrected chi connectivity index (χ1v) is 8.03. The third kappa shape index (κ3) is 3.83. The number of imidazole rings is 1. The molecule has 0 aromatic carbocycles. The maximum atomic E-state index is 11.7. The number of aromatic nitrogens is 2. The molecule has 1 amide bonds. The Morgan fingerprint density at radius 3 is 3.23 bits per heavy atom. The predicted octanol–water partition coefficient (Wildman–Crippen LogP) is 0.777. The van der Waals surface area contributed by atoms with Gasteiger partial charge in [-0.05, 0) is 12.8 Å². The number of esters is 1. The van der Waals surface area contributed by atoms with Crippen LogP contribution in [0.1, 0.15) is 18.5 Å². The van der Waals surface area contributed by atoms with Gasteiger partial charge in [-0.15, -0.1) is 11.3 Å². The van der Waals surface area contributed by atoms with E-state index in [1.165, 1.54) is 11.3 Å². The SMILES string of the molecule is O=C(COC(=O)Cc1cn2ccsc2n1)NC[C@@H]1CCCO1. The van der Waals surface area contributed by atoms with Crippen molar-refractivity contribution < 1.29 is 19.1 Å². The topological polar surface area (TPSA) is 81.9 Å². The summed E-state index contributed by atoms with van der Waals surface area (Å²) in [5.74, 6) is -0.771. The zero-order valence-corrected chi connectivity index (χ0v) is 12.8. The average molecular weight is 323 g/mol. The summed E-state index contributed by atoms with van der Waals surface area (Å²) in [5, 5.41) is 4.62. The van der Waals surface area contributed by atoms with E-state index in [9.17, 15) is 9.59 Å². The second-order valence-corrected chi connectivity index (χ2v) is 5.97. The van der Waals surface area contributed by atoms with E-state index >= 15 is 0 Å². The van der Waals surface area contributed by atoms with Crippen LogP contribution in [0.3, 0.4) is 0 Å². The quantitative estimate of drug-likeness (QED) is 0.794. The van der Waals surface area contributed by atoms with E-state index < -0.39 is 5.97 Å². The fourth-order valence-corrected chi connectivity index (χ4v) is 3.01. The number of rotatable bonds is 6. The summed E-state index contributed by atoms with van der Waals surface area (Å²) in [6.07, 6.45) is 5.78. The van der Waals surface area contributed by atoms with Gasteiger partial charge >= 0.3 is 5.97 Å². The van der Waals surface area contributed by atoms with Crippen LogP contribution in [0.2, 0.25) is 0 Å². The van der Waals surface area contributed by atoms with Gasteiger partial charge in [0.15, 0.2) is 11.6 Å². The maximum Gasteiger partial charge on any atom is 0.312 e. The van der Waals surface area contributed by atoms with Crippen LogP contribution in [0.25, 0.3) is 4.96 Å². The molecule has 8 heteroatoms. The van der Waals surface area contributed by atoms with Gasteiger partial charge in [0.05, 0.1) is 18.2 Å². The van der Waals surface area contributed by atoms with Gasteiger partial charge in [0, 0.05) is 30.9 Å². The third-order valence-corrected chi connectivity index (χ3v) is 4.15. The van der Waals surface area contributed by atoms with Crippen molar-refractivity contribution in [1.29, 1.82) is 0 Å². The Morgan fingerprint density at radius 2 is 2.45 bits per heavy atom. The summed E-state index contributed by atoms with van der Waals surface area (Å²) in [6.45, 7) is 0.944. The molecule has 0 unspecified atom stereocenters. The predicted molar refractivity (Wildman–Crippen MR) is 79.7 cm³/mol. The third-order valence-electron chi connectivity index (χ3n) is 3.38. The first-order chi connectivity index (χ1) is 10.7. The lowest BCUT2D eigenvalue weighted by atomic mass is 10.2. The van der Waals surface area contributed by atoms with Crippen LogP contribution in [0, 0.1) is 0 Å². The van der Waals surface area contributed by atoms with E-state index in [0.29, 0.717) is 12.2 Å². The molecule has 3 rings (SSSR count). The molecule has 1 aliphatic rings. The fourth-order valence-electron chi connectivity index (χ4n) is 2.29. The number of nitrogens with zero attached hydrogens (tertiary/aromatic N) is 2. The zero-order valence-electron chi connectivity index (χ0n) is 12.0. The normalized spacial score (nSPS) is 17.7. The first kappa shape index (κ1) is 15.0. The minimum atomic E-state index is -0.460. The highest BCUT2D eigenvalue weighted by Crippen LogP contribution is 2.12. The molecule has 2 aromatic rings. The van der Waals surface area contributed by atoms with Crippen molar-refractivity contribution in [3.63, 3.8) is 0 Å². The molecule has 0 aliphatic carbocycles. The van der Waals surface area contributed by atoms with E-state index in [1.807, 2.05) is 16.0 Å². The second-order valence-electron chi connectivity index (χ2n) is 5.10. The van der Waals surface area contributed by atoms with E-state index in [4.69, 9.17) is 9.47 Å². The van der Waals surface area contributed by atoms with Crippen molar-refractivity contribution in [1.82, 2.24) is 14.7 Å². The molecule has 2 aromatic heterocycles. The molecule has 0 spiro atoms. The number of ether oxygens (including phenoxy) is 2. The molecule has 3 heterocycles. The van der Waals surface area contributed by atoms with Crippen molar-refractivity contribution in [3.05, 3.63) is 23.5 Å². The number of carbonyl (C=O) groups is 2. The van der Waals surface area contributed by atoms with Gasteiger partial charge in [0.2, 0.25) is 0 Å². The van der Waals surface area contributed by atoms with E-state index in [0.717, 1.165) is 24.4 Å². The molecular formula is C14H17N3O4S. The minimum absolute atomic E-state index is 0.0629. The number of amides is 1. The molecule has 0 saturated carbocycles. The van der Waals surface area contributed by atoms with Crippen molar-refractivity contribution in [2.75, 3.05) is 19.8 Å². The van der Waals surface area contributed by atoms with E-state index in [1.54, 1.807) is 6.20 Å². The molecule has 1 fully saturated rings. The van der Waals surface area contributed by atoms with Crippen LogP contribution < -0.4 is 5.32 Å². The highest BCUT2D eigenvalue weighted by molar-refractivity contribution is 7.15. The van der Waals surface area contributed by atoms with Gasteiger partial charge in [0.25, 0.3) is 5.91 Å². The number of nitrogens with one attached hydrogen (secondary N) is 1. The number of hydrogen-bond acceptors (Lipinski definition) is 6.